The highest BCUT2D eigenvalue weighted by Crippen LogP contribution is 2.37. The summed E-state index contributed by atoms with van der Waals surface area (Å²) in [5.41, 5.74) is 0.702. The van der Waals surface area contributed by atoms with Crippen molar-refractivity contribution in [1.82, 2.24) is 23.6 Å². The van der Waals surface area contributed by atoms with Gasteiger partial charge in [-0.15, -0.1) is 0 Å². The van der Waals surface area contributed by atoms with E-state index in [9.17, 15) is 24.0 Å². The van der Waals surface area contributed by atoms with Crippen molar-refractivity contribution in [2.24, 2.45) is 14.1 Å². The molecule has 1 fully saturated rings. The van der Waals surface area contributed by atoms with Gasteiger partial charge in [0.05, 0.1) is 18.6 Å². The molecule has 0 saturated carbocycles. The first-order chi connectivity index (χ1) is 23.4. The molecule has 1 aliphatic rings. The lowest BCUT2D eigenvalue weighted by molar-refractivity contribution is -0.127. The van der Waals surface area contributed by atoms with Crippen LogP contribution in [0.5, 0.6) is 17.5 Å². The molecule has 6 rings (SSSR count). The third kappa shape index (κ3) is 6.70. The van der Waals surface area contributed by atoms with Crippen molar-refractivity contribution in [3.63, 3.8) is 0 Å². The lowest BCUT2D eigenvalue weighted by Crippen LogP contribution is -2.37. The number of halogens is 2. The molecule has 5 aromatic rings. The molecule has 0 bridgehead atoms. The Morgan fingerprint density at radius 3 is 2.43 bits per heavy atom. The second-order valence-electron chi connectivity index (χ2n) is 10.8. The number of hydrogen-bond donors (Lipinski definition) is 1. The van der Waals surface area contributed by atoms with Gasteiger partial charge in [-0.1, -0.05) is 53.5 Å². The Balaban J connectivity index is 1.30. The van der Waals surface area contributed by atoms with Gasteiger partial charge in [-0.2, -0.15) is 4.98 Å². The molecule has 1 N–H and O–H groups in total. The van der Waals surface area contributed by atoms with Gasteiger partial charge in [0, 0.05) is 29.8 Å². The number of hydrogen-bond acceptors (Lipinski definition) is 9. The number of imide groups is 1. The molecule has 49 heavy (non-hydrogen) atoms. The minimum absolute atomic E-state index is 0.0275. The summed E-state index contributed by atoms with van der Waals surface area (Å²) in [6.07, 6.45) is 1.50. The maximum absolute atomic E-state index is 13.3. The minimum atomic E-state index is -0.612. The molecule has 2 aromatic heterocycles. The fraction of sp³-hybridized carbons (Fsp3) is 0.152. The van der Waals surface area contributed by atoms with Gasteiger partial charge in [0.25, 0.3) is 16.7 Å². The zero-order chi connectivity index (χ0) is 35.0. The summed E-state index contributed by atoms with van der Waals surface area (Å²) in [4.78, 5) is 69.8. The van der Waals surface area contributed by atoms with Crippen LogP contribution in [-0.2, 0) is 30.2 Å². The number of nitrogens with zero attached hydrogens (tertiary/aromatic N) is 5. The molecule has 0 unspecified atom stereocenters. The van der Waals surface area contributed by atoms with E-state index in [0.717, 1.165) is 9.47 Å². The van der Waals surface area contributed by atoms with Crippen molar-refractivity contribution in [3.8, 4) is 17.5 Å². The second-order valence-corrected chi connectivity index (χ2v) is 12.6. The molecular formula is C33H26Cl2N6O7S. The maximum atomic E-state index is 13.3. The number of amides is 3. The number of aromatic nitrogens is 4. The molecular weight excluding hydrogens is 695 g/mol. The highest BCUT2D eigenvalue weighted by Gasteiger charge is 2.36. The van der Waals surface area contributed by atoms with Crippen molar-refractivity contribution in [2.45, 2.75) is 6.54 Å². The lowest BCUT2D eigenvalue weighted by Gasteiger charge is -2.14. The van der Waals surface area contributed by atoms with Crippen LogP contribution in [0.2, 0.25) is 10.0 Å². The smallest absolute Gasteiger partial charge is 0.332 e. The van der Waals surface area contributed by atoms with Gasteiger partial charge in [-0.3, -0.25) is 37.8 Å². The Hall–Kier alpha value is -5.31. The number of anilines is 1. The van der Waals surface area contributed by atoms with Gasteiger partial charge in [-0.25, -0.2) is 4.79 Å². The monoisotopic (exact) mass is 720 g/mol. The summed E-state index contributed by atoms with van der Waals surface area (Å²) in [7, 11) is 4.28. The van der Waals surface area contributed by atoms with Crippen molar-refractivity contribution < 1.29 is 23.9 Å². The number of fused-ring (bicyclic) bond motifs is 1. The second kappa shape index (κ2) is 13.7. The normalized spacial score (nSPS) is 13.8. The zero-order valence-electron chi connectivity index (χ0n) is 26.1. The van der Waals surface area contributed by atoms with E-state index in [0.29, 0.717) is 38.6 Å². The molecule has 0 radical (unpaired) electrons. The van der Waals surface area contributed by atoms with Crippen molar-refractivity contribution >= 4 is 74.9 Å². The molecule has 13 nitrogen and oxygen atoms in total. The van der Waals surface area contributed by atoms with Crippen LogP contribution >= 0.6 is 35.0 Å². The van der Waals surface area contributed by atoms with Crippen LogP contribution in [0.4, 0.5) is 10.5 Å². The fourth-order valence-corrected chi connectivity index (χ4v) is 6.39. The summed E-state index contributed by atoms with van der Waals surface area (Å²) >= 11 is 13.3. The first-order valence-corrected chi connectivity index (χ1v) is 16.1. The van der Waals surface area contributed by atoms with Crippen LogP contribution in [-0.4, -0.2) is 54.3 Å². The Labute approximate surface area is 292 Å². The summed E-state index contributed by atoms with van der Waals surface area (Å²) in [6.45, 7) is -0.390. The Morgan fingerprint density at radius 1 is 0.959 bits per heavy atom. The van der Waals surface area contributed by atoms with E-state index < -0.39 is 34.8 Å². The van der Waals surface area contributed by atoms with E-state index in [1.807, 2.05) is 0 Å². The fourth-order valence-electron chi connectivity index (χ4n) is 5.08. The number of carbonyl (C=O) groups is 3. The first-order valence-electron chi connectivity index (χ1n) is 14.5. The number of thioether (sulfide) groups is 1. The van der Waals surface area contributed by atoms with Gasteiger partial charge in [-0.05, 0) is 65.4 Å². The average molecular weight is 722 g/mol. The van der Waals surface area contributed by atoms with E-state index in [1.165, 1.54) is 36.4 Å². The van der Waals surface area contributed by atoms with E-state index >= 15 is 0 Å². The van der Waals surface area contributed by atoms with Crippen molar-refractivity contribution in [1.29, 1.82) is 0 Å². The van der Waals surface area contributed by atoms with Crippen LogP contribution in [0, 0.1) is 0 Å². The molecule has 0 spiro atoms. The Morgan fingerprint density at radius 2 is 1.71 bits per heavy atom. The molecule has 1 aliphatic heterocycles. The van der Waals surface area contributed by atoms with Crippen LogP contribution < -0.4 is 26.0 Å². The van der Waals surface area contributed by atoms with E-state index in [4.69, 9.17) is 32.7 Å². The van der Waals surface area contributed by atoms with E-state index in [2.05, 4.69) is 10.3 Å². The molecule has 3 heterocycles. The largest absolute Gasteiger partial charge is 0.493 e. The maximum Gasteiger partial charge on any atom is 0.332 e. The quantitative estimate of drug-likeness (QED) is 0.201. The lowest BCUT2D eigenvalue weighted by atomic mass is 10.2. The summed E-state index contributed by atoms with van der Waals surface area (Å²) in [6, 6.07) is 18.4. The van der Waals surface area contributed by atoms with Gasteiger partial charge < -0.3 is 14.8 Å². The van der Waals surface area contributed by atoms with Gasteiger partial charge >= 0.3 is 11.7 Å². The summed E-state index contributed by atoms with van der Waals surface area (Å²) < 4.78 is 15.5. The number of methoxy groups -OCH3 is 1. The SMILES string of the molecule is COc1cc(C=C2SC(=O)N(CC(=O)Nc3ccccc3)C2=O)ccc1Oc1nc2c(c(=O)n(C)c(=O)n2C)n1Cc1ccc(Cl)cc1Cl. The van der Waals surface area contributed by atoms with E-state index in [-0.39, 0.29) is 40.1 Å². The average Bonchev–Trinajstić information content (AvgIpc) is 3.56. The highest BCUT2D eigenvalue weighted by atomic mass is 35.5. The van der Waals surface area contributed by atoms with Gasteiger partial charge in [0.15, 0.2) is 22.7 Å². The number of rotatable bonds is 9. The molecule has 1 saturated heterocycles. The first kappa shape index (κ1) is 33.6. The Bertz CT molecular complexity index is 2320. The van der Waals surface area contributed by atoms with Crippen molar-refractivity contribution in [2.75, 3.05) is 19.0 Å². The number of benzene rings is 3. The number of ether oxygens (including phenoxy) is 2. The van der Waals surface area contributed by atoms with E-state index in [1.54, 1.807) is 66.7 Å². The molecule has 0 atom stereocenters. The predicted molar refractivity (Wildman–Crippen MR) is 187 cm³/mol. The topological polar surface area (TPSA) is 147 Å². The number of imidazole rings is 1. The third-order valence-corrected chi connectivity index (χ3v) is 9.07. The zero-order valence-corrected chi connectivity index (χ0v) is 28.4. The predicted octanol–water partition coefficient (Wildman–Crippen LogP) is 5.26. The number of carbonyl (C=O) groups excluding carboxylic acids is 3. The molecule has 16 heteroatoms. The summed E-state index contributed by atoms with van der Waals surface area (Å²) in [5.74, 6) is -0.689. The number of nitrogens with one attached hydrogen (secondary N) is 1. The minimum Gasteiger partial charge on any atom is -0.493 e. The standard InChI is InChI=1S/C33H26Cl2N6O7S/c1-38-28-27(30(44)39(2)32(38)45)40(16-19-10-11-20(34)15-22(19)35)31(37-28)48-23-12-9-18(13-24(23)47-3)14-25-29(43)41(33(46)49-25)17-26(42)36-21-7-5-4-6-8-21/h4-15H,16-17H2,1-3H3,(H,36,42). The molecule has 250 valence electrons. The van der Waals surface area contributed by atoms with Crippen LogP contribution in [0.1, 0.15) is 11.1 Å². The molecule has 0 aliphatic carbocycles. The highest BCUT2D eigenvalue weighted by molar-refractivity contribution is 8.18. The molecule has 3 aromatic carbocycles. The summed E-state index contributed by atoms with van der Waals surface area (Å²) in [5, 5.41) is 2.87. The van der Waals surface area contributed by atoms with Gasteiger partial charge in [0.2, 0.25) is 5.91 Å². The Kier molecular flexibility index (Phi) is 9.37. The number of para-hydroxylation sites is 1. The van der Waals surface area contributed by atoms with Crippen LogP contribution in [0.3, 0.4) is 0 Å². The number of aryl methyl sites for hydroxylation is 1. The van der Waals surface area contributed by atoms with Gasteiger partial charge in [0.1, 0.15) is 6.54 Å². The third-order valence-electron chi connectivity index (χ3n) is 7.58. The van der Waals surface area contributed by atoms with Crippen molar-refractivity contribution in [3.05, 3.63) is 114 Å². The molecule has 3 amide bonds. The van der Waals surface area contributed by atoms with Crippen LogP contribution in [0.15, 0.2) is 81.2 Å². The van der Waals surface area contributed by atoms with Crippen LogP contribution in [0.25, 0.3) is 17.2 Å².